The van der Waals surface area contributed by atoms with Crippen molar-refractivity contribution in [1.29, 1.82) is 0 Å². The normalized spacial score (nSPS) is 15.7. The zero-order valence-corrected chi connectivity index (χ0v) is 12.3. The second-order valence-corrected chi connectivity index (χ2v) is 5.13. The maximum atomic E-state index is 11.9. The van der Waals surface area contributed by atoms with Crippen LogP contribution in [0.15, 0.2) is 27.7 Å². The molecule has 0 aromatic carbocycles. The van der Waals surface area contributed by atoms with Crippen molar-refractivity contribution in [2.75, 3.05) is 6.54 Å². The van der Waals surface area contributed by atoms with Gasteiger partial charge in [0.25, 0.3) is 0 Å². The molecular weight excluding hydrogens is 242 g/mol. The molecule has 0 saturated carbocycles. The van der Waals surface area contributed by atoms with Gasteiger partial charge in [-0.25, -0.2) is 0 Å². The van der Waals surface area contributed by atoms with Gasteiger partial charge in [0.2, 0.25) is 5.91 Å². The number of carbonyl (C=O) groups is 1. The highest BCUT2D eigenvalue weighted by Gasteiger charge is 2.27. The Labute approximate surface area is 114 Å². The fourth-order valence-corrected chi connectivity index (χ4v) is 1.66. The molecule has 0 aliphatic rings. The number of aryl methyl sites for hydroxylation is 1. The van der Waals surface area contributed by atoms with Crippen LogP contribution in [0.5, 0.6) is 0 Å². The molecule has 0 radical (unpaired) electrons. The Morgan fingerprint density at radius 1 is 1.42 bits per heavy atom. The summed E-state index contributed by atoms with van der Waals surface area (Å²) in [4.78, 5) is 11.9. The fraction of sp³-hybridized carbons (Fsp3) is 0.533. The van der Waals surface area contributed by atoms with Gasteiger partial charge >= 0.3 is 0 Å². The summed E-state index contributed by atoms with van der Waals surface area (Å²) in [6.45, 7) is 9.29. The van der Waals surface area contributed by atoms with Crippen LogP contribution in [0.25, 0.3) is 0 Å². The first-order chi connectivity index (χ1) is 8.77. The number of amides is 1. The average Bonchev–Trinajstić information content (AvgIpc) is 2.81. The summed E-state index contributed by atoms with van der Waals surface area (Å²) in [5.74, 6) is 1.04. The van der Waals surface area contributed by atoms with Gasteiger partial charge < -0.3 is 14.8 Å². The van der Waals surface area contributed by atoms with E-state index in [1.165, 1.54) is 0 Å². The maximum Gasteiger partial charge on any atom is 0.246 e. The van der Waals surface area contributed by atoms with E-state index in [9.17, 15) is 9.90 Å². The minimum Gasteiger partial charge on any atom is -0.463 e. The van der Waals surface area contributed by atoms with Crippen molar-refractivity contribution < 1.29 is 14.3 Å². The van der Waals surface area contributed by atoms with Crippen LogP contribution in [0.2, 0.25) is 0 Å². The third kappa shape index (κ3) is 3.96. The van der Waals surface area contributed by atoms with Gasteiger partial charge in [-0.2, -0.15) is 0 Å². The Balaban J connectivity index is 2.69. The Kier molecular flexibility index (Phi) is 4.95. The number of aliphatic hydroxyl groups is 1. The molecule has 1 aromatic heterocycles. The van der Waals surface area contributed by atoms with E-state index in [1.807, 2.05) is 20.8 Å². The first-order valence-electron chi connectivity index (χ1n) is 6.51. The molecule has 1 heterocycles. The summed E-state index contributed by atoms with van der Waals surface area (Å²) in [5.41, 5.74) is 0.546. The Morgan fingerprint density at radius 2 is 2.05 bits per heavy atom. The van der Waals surface area contributed by atoms with Gasteiger partial charge in [0, 0.05) is 5.57 Å². The van der Waals surface area contributed by atoms with Crippen molar-refractivity contribution in [3.63, 3.8) is 0 Å². The van der Waals surface area contributed by atoms with Crippen molar-refractivity contribution in [2.45, 2.75) is 46.6 Å². The van der Waals surface area contributed by atoms with E-state index in [0.717, 1.165) is 17.8 Å². The summed E-state index contributed by atoms with van der Waals surface area (Å²) in [6, 6.07) is 3.51. The van der Waals surface area contributed by atoms with E-state index in [0.29, 0.717) is 11.3 Å². The van der Waals surface area contributed by atoms with Crippen LogP contribution < -0.4 is 5.32 Å². The zero-order valence-electron chi connectivity index (χ0n) is 12.3. The number of allylic oxidation sites excluding steroid dienone is 1. The topological polar surface area (TPSA) is 62.5 Å². The molecule has 1 atom stereocenters. The number of hydrogen-bond acceptors (Lipinski definition) is 3. The number of carbonyl (C=O) groups excluding carboxylic acids is 1. The minimum atomic E-state index is -1.20. The van der Waals surface area contributed by atoms with Gasteiger partial charge in [-0.15, -0.1) is 0 Å². The molecule has 2 N–H and O–H groups in total. The quantitative estimate of drug-likeness (QED) is 0.804. The summed E-state index contributed by atoms with van der Waals surface area (Å²) >= 11 is 0. The lowest BCUT2D eigenvalue weighted by Crippen LogP contribution is -2.38. The Bertz CT molecular complexity index is 483. The number of nitrogens with one attached hydrogen (secondary N) is 1. The van der Waals surface area contributed by atoms with E-state index >= 15 is 0 Å². The van der Waals surface area contributed by atoms with Crippen molar-refractivity contribution >= 4 is 5.91 Å². The lowest BCUT2D eigenvalue weighted by atomic mass is 10.0. The van der Waals surface area contributed by atoms with Crippen LogP contribution in [-0.4, -0.2) is 17.6 Å². The van der Waals surface area contributed by atoms with Crippen molar-refractivity contribution in [1.82, 2.24) is 5.32 Å². The highest BCUT2D eigenvalue weighted by atomic mass is 16.4. The summed E-state index contributed by atoms with van der Waals surface area (Å²) in [6.07, 6.45) is 0.840. The predicted octanol–water partition coefficient (Wildman–Crippen LogP) is 2.66. The smallest absolute Gasteiger partial charge is 0.246 e. The molecule has 4 heteroatoms. The second kappa shape index (κ2) is 6.06. The van der Waals surface area contributed by atoms with Gasteiger partial charge in [0.05, 0.1) is 6.54 Å². The summed E-state index contributed by atoms with van der Waals surface area (Å²) in [5, 5.41) is 13.0. The highest BCUT2D eigenvalue weighted by Crippen LogP contribution is 2.22. The fourth-order valence-electron chi connectivity index (χ4n) is 1.66. The molecule has 0 spiro atoms. The van der Waals surface area contributed by atoms with Gasteiger partial charge in [0.1, 0.15) is 17.1 Å². The van der Waals surface area contributed by atoms with Gasteiger partial charge in [-0.3, -0.25) is 4.79 Å². The Morgan fingerprint density at radius 3 is 2.53 bits per heavy atom. The maximum absolute atomic E-state index is 11.9. The van der Waals surface area contributed by atoms with Crippen molar-refractivity contribution in [3.05, 3.63) is 34.8 Å². The third-order valence-electron chi connectivity index (χ3n) is 3.38. The standard InChI is InChI=1S/C15H23NO3/c1-6-10(2)12(4)14(17)16-9-15(5,18)13-8-7-11(3)19-13/h7-8,18H,6,9H2,1-5H3,(H,16,17)/b12-10-. The van der Waals surface area contributed by atoms with Gasteiger partial charge in [-0.05, 0) is 46.2 Å². The van der Waals surface area contributed by atoms with E-state index in [4.69, 9.17) is 4.42 Å². The highest BCUT2D eigenvalue weighted by molar-refractivity contribution is 5.93. The van der Waals surface area contributed by atoms with Gasteiger partial charge in [-0.1, -0.05) is 12.5 Å². The van der Waals surface area contributed by atoms with Crippen LogP contribution in [0.4, 0.5) is 0 Å². The van der Waals surface area contributed by atoms with Crippen molar-refractivity contribution in [2.24, 2.45) is 0 Å². The van der Waals surface area contributed by atoms with E-state index < -0.39 is 5.60 Å². The second-order valence-electron chi connectivity index (χ2n) is 5.13. The molecule has 0 aliphatic carbocycles. The summed E-state index contributed by atoms with van der Waals surface area (Å²) < 4.78 is 5.40. The first-order valence-corrected chi connectivity index (χ1v) is 6.51. The molecule has 0 bridgehead atoms. The Hall–Kier alpha value is -1.55. The molecule has 1 rings (SSSR count). The molecule has 1 aromatic rings. The van der Waals surface area contributed by atoms with Crippen LogP contribution in [0.3, 0.4) is 0 Å². The van der Waals surface area contributed by atoms with E-state index in [-0.39, 0.29) is 12.5 Å². The molecule has 0 fully saturated rings. The lowest BCUT2D eigenvalue weighted by molar-refractivity contribution is -0.118. The van der Waals surface area contributed by atoms with Crippen LogP contribution in [0, 0.1) is 6.92 Å². The molecule has 4 nitrogen and oxygen atoms in total. The SMILES string of the molecule is CC/C(C)=C(/C)C(=O)NCC(C)(O)c1ccc(C)o1. The largest absolute Gasteiger partial charge is 0.463 e. The first kappa shape index (κ1) is 15.5. The zero-order chi connectivity index (χ0) is 14.6. The molecule has 0 saturated heterocycles. The third-order valence-corrected chi connectivity index (χ3v) is 3.38. The number of furan rings is 1. The van der Waals surface area contributed by atoms with Crippen LogP contribution in [0.1, 0.15) is 45.6 Å². The lowest BCUT2D eigenvalue weighted by Gasteiger charge is -2.21. The van der Waals surface area contributed by atoms with Crippen LogP contribution >= 0.6 is 0 Å². The van der Waals surface area contributed by atoms with Crippen LogP contribution in [-0.2, 0) is 10.4 Å². The molecule has 0 aliphatic heterocycles. The minimum absolute atomic E-state index is 0.118. The van der Waals surface area contributed by atoms with Gasteiger partial charge in [0.15, 0.2) is 0 Å². The monoisotopic (exact) mass is 265 g/mol. The molecular formula is C15H23NO3. The molecule has 19 heavy (non-hydrogen) atoms. The molecule has 1 amide bonds. The summed E-state index contributed by atoms with van der Waals surface area (Å²) in [7, 11) is 0. The van der Waals surface area contributed by atoms with E-state index in [1.54, 1.807) is 26.0 Å². The number of hydrogen-bond donors (Lipinski definition) is 2. The van der Waals surface area contributed by atoms with Crippen molar-refractivity contribution in [3.8, 4) is 0 Å². The van der Waals surface area contributed by atoms with E-state index in [2.05, 4.69) is 5.32 Å². The average molecular weight is 265 g/mol. The molecule has 1 unspecified atom stereocenters. The predicted molar refractivity (Wildman–Crippen MR) is 74.7 cm³/mol. The molecule has 106 valence electrons. The number of rotatable bonds is 5.